The van der Waals surface area contributed by atoms with Crippen molar-refractivity contribution in [1.29, 1.82) is 0 Å². The molecule has 1 atom stereocenters. The van der Waals surface area contributed by atoms with E-state index in [0.717, 1.165) is 24.0 Å². The van der Waals surface area contributed by atoms with Gasteiger partial charge < -0.3 is 10.1 Å². The zero-order valence-electron chi connectivity index (χ0n) is 13.4. The van der Waals surface area contributed by atoms with Crippen LogP contribution < -0.4 is 5.32 Å². The smallest absolute Gasteiger partial charge is 0.0518 e. The van der Waals surface area contributed by atoms with E-state index in [1.165, 1.54) is 5.56 Å². The van der Waals surface area contributed by atoms with Gasteiger partial charge in [0.1, 0.15) is 0 Å². The second-order valence-corrected chi connectivity index (χ2v) is 7.51. The molecule has 1 aromatic carbocycles. The Morgan fingerprint density at radius 2 is 1.95 bits per heavy atom. The van der Waals surface area contributed by atoms with Gasteiger partial charge in [0.2, 0.25) is 0 Å². The van der Waals surface area contributed by atoms with E-state index in [4.69, 9.17) is 4.74 Å². The van der Waals surface area contributed by atoms with Crippen LogP contribution in [-0.2, 0) is 4.74 Å². The van der Waals surface area contributed by atoms with Crippen molar-refractivity contribution in [1.82, 2.24) is 5.32 Å². The standard InChI is InChI=1S/C17H28BrNO/c1-13(2)20-10-9-15(12-19-17(3,4)5)14-7-6-8-16(18)11-14/h6-8,11,13,15,19H,9-10,12H2,1-5H3. The van der Waals surface area contributed by atoms with Gasteiger partial charge in [-0.2, -0.15) is 0 Å². The van der Waals surface area contributed by atoms with Crippen molar-refractivity contribution < 1.29 is 4.74 Å². The SMILES string of the molecule is CC(C)OCCC(CNC(C)(C)C)c1cccc(Br)c1. The Balaban J connectivity index is 2.68. The van der Waals surface area contributed by atoms with Gasteiger partial charge >= 0.3 is 0 Å². The van der Waals surface area contributed by atoms with E-state index in [0.29, 0.717) is 12.0 Å². The molecule has 2 nitrogen and oxygen atoms in total. The first kappa shape index (κ1) is 17.7. The van der Waals surface area contributed by atoms with E-state index in [-0.39, 0.29) is 5.54 Å². The fourth-order valence-corrected chi connectivity index (χ4v) is 2.44. The molecule has 0 amide bonds. The molecule has 0 heterocycles. The van der Waals surface area contributed by atoms with Crippen LogP contribution in [0.15, 0.2) is 28.7 Å². The van der Waals surface area contributed by atoms with E-state index in [1.54, 1.807) is 0 Å². The Bertz CT molecular complexity index is 398. The summed E-state index contributed by atoms with van der Waals surface area (Å²) in [5.74, 6) is 0.477. The zero-order valence-corrected chi connectivity index (χ0v) is 15.0. The number of rotatable bonds is 7. The highest BCUT2D eigenvalue weighted by atomic mass is 79.9. The van der Waals surface area contributed by atoms with Crippen molar-refractivity contribution in [2.24, 2.45) is 0 Å². The molecule has 3 heteroatoms. The van der Waals surface area contributed by atoms with Gasteiger partial charge in [0.15, 0.2) is 0 Å². The van der Waals surface area contributed by atoms with Crippen LogP contribution in [-0.4, -0.2) is 24.8 Å². The number of ether oxygens (including phenoxy) is 1. The Labute approximate surface area is 132 Å². The summed E-state index contributed by atoms with van der Waals surface area (Å²) < 4.78 is 6.86. The van der Waals surface area contributed by atoms with Crippen LogP contribution in [0.1, 0.15) is 52.5 Å². The Kier molecular flexibility index (Phi) is 7.21. The summed E-state index contributed by atoms with van der Waals surface area (Å²) in [7, 11) is 0. The number of halogens is 1. The van der Waals surface area contributed by atoms with Crippen LogP contribution in [0.2, 0.25) is 0 Å². The number of hydrogen-bond donors (Lipinski definition) is 1. The summed E-state index contributed by atoms with van der Waals surface area (Å²) in [6, 6.07) is 8.59. The maximum atomic E-state index is 5.72. The molecule has 1 unspecified atom stereocenters. The molecule has 1 N–H and O–H groups in total. The first-order chi connectivity index (χ1) is 9.28. The Morgan fingerprint density at radius 3 is 2.50 bits per heavy atom. The predicted octanol–water partition coefficient (Wildman–Crippen LogP) is 4.74. The molecule has 0 bridgehead atoms. The zero-order chi connectivity index (χ0) is 15.2. The molecule has 0 fully saturated rings. The van der Waals surface area contributed by atoms with E-state index in [1.807, 2.05) is 0 Å². The number of hydrogen-bond acceptors (Lipinski definition) is 2. The molecule has 20 heavy (non-hydrogen) atoms. The highest BCUT2D eigenvalue weighted by Gasteiger charge is 2.16. The molecule has 0 aliphatic heterocycles. The van der Waals surface area contributed by atoms with Crippen LogP contribution in [0.25, 0.3) is 0 Å². The molecular weight excluding hydrogens is 314 g/mol. The van der Waals surface area contributed by atoms with Crippen molar-refractivity contribution in [3.63, 3.8) is 0 Å². The summed E-state index contributed by atoms with van der Waals surface area (Å²) >= 11 is 3.56. The first-order valence-corrected chi connectivity index (χ1v) is 8.19. The number of nitrogens with one attached hydrogen (secondary N) is 1. The topological polar surface area (TPSA) is 21.3 Å². The molecule has 0 saturated heterocycles. The Hall–Kier alpha value is -0.380. The van der Waals surface area contributed by atoms with E-state index in [2.05, 4.69) is 80.1 Å². The van der Waals surface area contributed by atoms with Crippen LogP contribution in [0.5, 0.6) is 0 Å². The predicted molar refractivity (Wildman–Crippen MR) is 90.3 cm³/mol. The lowest BCUT2D eigenvalue weighted by Crippen LogP contribution is -2.38. The van der Waals surface area contributed by atoms with Gasteiger partial charge in [-0.1, -0.05) is 28.1 Å². The average Bonchev–Trinajstić information content (AvgIpc) is 2.31. The summed E-state index contributed by atoms with van der Waals surface area (Å²) in [6.07, 6.45) is 1.34. The Morgan fingerprint density at radius 1 is 1.25 bits per heavy atom. The van der Waals surface area contributed by atoms with Gasteiger partial charge in [0.25, 0.3) is 0 Å². The third-order valence-corrected chi connectivity index (χ3v) is 3.61. The first-order valence-electron chi connectivity index (χ1n) is 7.40. The molecule has 114 valence electrons. The third kappa shape index (κ3) is 7.41. The molecule has 0 aliphatic carbocycles. The van der Waals surface area contributed by atoms with Gasteiger partial charge in [-0.25, -0.2) is 0 Å². The maximum absolute atomic E-state index is 5.72. The van der Waals surface area contributed by atoms with Gasteiger partial charge in [-0.3, -0.25) is 0 Å². The molecule has 0 radical (unpaired) electrons. The van der Waals surface area contributed by atoms with Crippen molar-refractivity contribution in [2.75, 3.05) is 13.2 Å². The molecule has 1 aromatic rings. The summed E-state index contributed by atoms with van der Waals surface area (Å²) in [6.45, 7) is 12.6. The van der Waals surface area contributed by atoms with Crippen molar-refractivity contribution in [3.05, 3.63) is 34.3 Å². The van der Waals surface area contributed by atoms with Crippen LogP contribution in [0, 0.1) is 0 Å². The van der Waals surface area contributed by atoms with E-state index in [9.17, 15) is 0 Å². The van der Waals surface area contributed by atoms with Gasteiger partial charge in [-0.15, -0.1) is 0 Å². The fraction of sp³-hybridized carbons (Fsp3) is 0.647. The normalized spacial score (nSPS) is 13.8. The largest absolute Gasteiger partial charge is 0.379 e. The maximum Gasteiger partial charge on any atom is 0.0518 e. The molecule has 0 aromatic heterocycles. The second kappa shape index (κ2) is 8.16. The quantitative estimate of drug-likeness (QED) is 0.773. The van der Waals surface area contributed by atoms with Crippen LogP contribution in [0.4, 0.5) is 0 Å². The lowest BCUT2D eigenvalue weighted by molar-refractivity contribution is 0.0729. The van der Waals surface area contributed by atoms with Crippen LogP contribution in [0.3, 0.4) is 0 Å². The van der Waals surface area contributed by atoms with Crippen molar-refractivity contribution >= 4 is 15.9 Å². The molecule has 0 saturated carbocycles. The minimum Gasteiger partial charge on any atom is -0.379 e. The molecule has 1 rings (SSSR count). The lowest BCUT2D eigenvalue weighted by Gasteiger charge is -2.26. The minimum absolute atomic E-state index is 0.142. The summed E-state index contributed by atoms with van der Waals surface area (Å²) in [5, 5.41) is 3.61. The monoisotopic (exact) mass is 341 g/mol. The van der Waals surface area contributed by atoms with Crippen molar-refractivity contribution in [3.8, 4) is 0 Å². The summed E-state index contributed by atoms with van der Waals surface area (Å²) in [4.78, 5) is 0. The molecule has 0 aliphatic rings. The fourth-order valence-electron chi connectivity index (χ4n) is 2.02. The van der Waals surface area contributed by atoms with Gasteiger partial charge in [0.05, 0.1) is 6.10 Å². The second-order valence-electron chi connectivity index (χ2n) is 6.59. The van der Waals surface area contributed by atoms with Gasteiger partial charge in [0, 0.05) is 23.2 Å². The third-order valence-electron chi connectivity index (χ3n) is 3.12. The van der Waals surface area contributed by atoms with Crippen LogP contribution >= 0.6 is 15.9 Å². The van der Waals surface area contributed by atoms with Crippen molar-refractivity contribution in [2.45, 2.75) is 58.6 Å². The summed E-state index contributed by atoms with van der Waals surface area (Å²) in [5.41, 5.74) is 1.51. The number of benzene rings is 1. The minimum atomic E-state index is 0.142. The van der Waals surface area contributed by atoms with E-state index < -0.39 is 0 Å². The highest BCUT2D eigenvalue weighted by molar-refractivity contribution is 9.10. The average molecular weight is 342 g/mol. The molecule has 0 spiro atoms. The molecular formula is C17H28BrNO. The van der Waals surface area contributed by atoms with E-state index >= 15 is 0 Å². The lowest BCUT2D eigenvalue weighted by atomic mass is 9.94. The highest BCUT2D eigenvalue weighted by Crippen LogP contribution is 2.23. The van der Waals surface area contributed by atoms with Gasteiger partial charge in [-0.05, 0) is 64.7 Å².